The second-order valence-electron chi connectivity index (χ2n) is 8.93. The number of hydrogen-bond acceptors (Lipinski definition) is 6. The smallest absolute Gasteiger partial charge is 0.475 e. The summed E-state index contributed by atoms with van der Waals surface area (Å²) < 4.78 is 69.6. The van der Waals surface area contributed by atoms with Gasteiger partial charge in [0.2, 0.25) is 5.91 Å². The van der Waals surface area contributed by atoms with Crippen LogP contribution >= 0.6 is 0 Å². The van der Waals surface area contributed by atoms with E-state index >= 15 is 0 Å². The van der Waals surface area contributed by atoms with E-state index in [2.05, 4.69) is 57.6 Å². The fourth-order valence-electron chi connectivity index (χ4n) is 4.18. The van der Waals surface area contributed by atoms with E-state index < -0.39 is 24.3 Å². The number of benzene rings is 2. The molecule has 0 bridgehead atoms. The molecule has 2 fully saturated rings. The van der Waals surface area contributed by atoms with Crippen molar-refractivity contribution in [1.82, 2.24) is 15.1 Å². The summed E-state index contributed by atoms with van der Waals surface area (Å²) in [4.78, 5) is 34.2. The van der Waals surface area contributed by atoms with Gasteiger partial charge in [0.25, 0.3) is 0 Å². The molecule has 2 aliphatic heterocycles. The zero-order valence-electron chi connectivity index (χ0n) is 20.8. The number of carbonyl (C=O) groups excluding carboxylic acids is 1. The minimum Gasteiger partial charge on any atom is -0.475 e. The molecule has 0 aliphatic carbocycles. The van der Waals surface area contributed by atoms with Crippen LogP contribution in [0.1, 0.15) is 5.56 Å². The number of aliphatic carboxylic acids is 2. The van der Waals surface area contributed by atoms with Gasteiger partial charge in [-0.05, 0) is 23.4 Å². The van der Waals surface area contributed by atoms with Crippen molar-refractivity contribution in [3.63, 3.8) is 0 Å². The first-order valence-electron chi connectivity index (χ1n) is 11.3. The normalized spacial score (nSPS) is 19.1. The summed E-state index contributed by atoms with van der Waals surface area (Å²) in [5, 5.41) is 19.6. The van der Waals surface area contributed by atoms with Crippen molar-refractivity contribution < 1.29 is 55.7 Å². The predicted octanol–water partition coefficient (Wildman–Crippen LogP) is 2.74. The van der Waals surface area contributed by atoms with Gasteiger partial charge in [0.15, 0.2) is 0 Å². The van der Waals surface area contributed by atoms with E-state index in [9.17, 15) is 31.1 Å². The lowest BCUT2D eigenvalue weighted by Crippen LogP contribution is -2.71. The molecule has 2 heterocycles. The summed E-state index contributed by atoms with van der Waals surface area (Å²) >= 11 is 0. The van der Waals surface area contributed by atoms with Crippen LogP contribution in [0.4, 0.5) is 26.3 Å². The number of carboxylic acid groups (broad SMARTS) is 2. The number of carbonyl (C=O) groups is 3. The van der Waals surface area contributed by atoms with Gasteiger partial charge in [-0.3, -0.25) is 14.6 Å². The predicted molar refractivity (Wildman–Crippen MR) is 126 cm³/mol. The molecule has 4 rings (SSSR count). The van der Waals surface area contributed by atoms with E-state index in [1.807, 2.05) is 7.05 Å². The van der Waals surface area contributed by atoms with Crippen molar-refractivity contribution in [3.8, 4) is 0 Å². The first-order valence-corrected chi connectivity index (χ1v) is 11.3. The quantitative estimate of drug-likeness (QED) is 0.485. The van der Waals surface area contributed by atoms with Gasteiger partial charge in [-0.1, -0.05) is 42.5 Å². The number of morpholine rings is 1. The third kappa shape index (κ3) is 8.80. The van der Waals surface area contributed by atoms with Crippen LogP contribution in [0.2, 0.25) is 0 Å². The number of amides is 1. The van der Waals surface area contributed by atoms with Crippen molar-refractivity contribution in [3.05, 3.63) is 48.0 Å². The van der Waals surface area contributed by atoms with Crippen LogP contribution in [0.5, 0.6) is 0 Å². The third-order valence-corrected chi connectivity index (χ3v) is 5.95. The van der Waals surface area contributed by atoms with Gasteiger partial charge in [-0.15, -0.1) is 0 Å². The minimum absolute atomic E-state index is 0.0317. The molecule has 3 N–H and O–H groups in total. The van der Waals surface area contributed by atoms with Crippen molar-refractivity contribution in [1.29, 1.82) is 0 Å². The molecule has 1 unspecified atom stereocenters. The van der Waals surface area contributed by atoms with Gasteiger partial charge in [-0.2, -0.15) is 26.3 Å². The van der Waals surface area contributed by atoms with E-state index in [1.54, 1.807) is 7.05 Å². The average molecular weight is 567 g/mol. The number of carboxylic acids is 2. The third-order valence-electron chi connectivity index (χ3n) is 5.95. The van der Waals surface area contributed by atoms with Crippen LogP contribution in [-0.4, -0.2) is 102 Å². The van der Waals surface area contributed by atoms with E-state index in [0.717, 1.165) is 26.2 Å². The molecule has 15 heteroatoms. The standard InChI is InChI=1S/C20H25N3O2.2C2HF3O2/c1-21-19(24)18-11-25-20(12-22(18)2)13-23(14-20)10-16-8-5-7-15-6-3-4-9-17(15)16;2*3-2(4,5)1(6)7/h3-9,18H,10-14H2,1-2H3,(H,21,24);2*(H,6,7). The number of nitrogens with zero attached hydrogens (tertiary/aromatic N) is 2. The second-order valence-corrected chi connectivity index (χ2v) is 8.93. The molecule has 2 aliphatic rings. The van der Waals surface area contributed by atoms with Gasteiger partial charge in [0.05, 0.1) is 6.61 Å². The van der Waals surface area contributed by atoms with E-state index in [0.29, 0.717) is 6.61 Å². The maximum atomic E-state index is 11.9. The number of alkyl halides is 6. The maximum absolute atomic E-state index is 11.9. The molecule has 0 aromatic heterocycles. The SMILES string of the molecule is CNC(=O)C1COC2(CN(Cc3cccc4ccccc34)C2)CN1C.O=C(O)C(F)(F)F.O=C(O)C(F)(F)F. The summed E-state index contributed by atoms with van der Waals surface area (Å²) in [6.45, 7) is 4.05. The van der Waals surface area contributed by atoms with E-state index in [1.165, 1.54) is 16.3 Å². The number of rotatable bonds is 3. The van der Waals surface area contributed by atoms with E-state index in [-0.39, 0.29) is 17.6 Å². The first kappa shape index (κ1) is 31.8. The van der Waals surface area contributed by atoms with Gasteiger partial charge < -0.3 is 20.3 Å². The van der Waals surface area contributed by atoms with Crippen LogP contribution < -0.4 is 5.32 Å². The molecule has 39 heavy (non-hydrogen) atoms. The summed E-state index contributed by atoms with van der Waals surface area (Å²) in [5.74, 6) is -5.48. The Morgan fingerprint density at radius 1 is 0.949 bits per heavy atom. The van der Waals surface area contributed by atoms with Crippen LogP contribution in [-0.2, 0) is 25.7 Å². The zero-order valence-corrected chi connectivity index (χ0v) is 20.8. The molecule has 0 radical (unpaired) electrons. The topological polar surface area (TPSA) is 119 Å². The second kappa shape index (κ2) is 12.6. The molecular formula is C24H27F6N3O6. The number of hydrogen-bond donors (Lipinski definition) is 3. The highest BCUT2D eigenvalue weighted by Crippen LogP contribution is 2.32. The molecule has 1 spiro atoms. The van der Waals surface area contributed by atoms with Gasteiger partial charge in [0.1, 0.15) is 11.6 Å². The Morgan fingerprint density at radius 2 is 1.46 bits per heavy atom. The van der Waals surface area contributed by atoms with Crippen molar-refractivity contribution in [2.24, 2.45) is 0 Å². The Morgan fingerprint density at radius 3 is 1.95 bits per heavy atom. The lowest BCUT2D eigenvalue weighted by molar-refractivity contribution is -0.198. The number of fused-ring (bicyclic) bond motifs is 1. The fraction of sp³-hybridized carbons (Fsp3) is 0.458. The Labute approximate surface area is 218 Å². The molecule has 1 amide bonds. The molecule has 2 saturated heterocycles. The fourth-order valence-corrected chi connectivity index (χ4v) is 4.18. The average Bonchev–Trinajstić information content (AvgIpc) is 2.82. The highest BCUT2D eigenvalue weighted by Gasteiger charge is 2.49. The minimum atomic E-state index is -5.08. The molecule has 2 aromatic rings. The zero-order chi connectivity index (χ0) is 29.6. The number of likely N-dealkylation sites (tertiary alicyclic amines) is 1. The molecule has 2 aromatic carbocycles. The molecular weight excluding hydrogens is 540 g/mol. The highest BCUT2D eigenvalue weighted by atomic mass is 19.4. The first-order chi connectivity index (χ1) is 18.0. The number of halogens is 6. The lowest BCUT2D eigenvalue weighted by Gasteiger charge is -2.55. The maximum Gasteiger partial charge on any atom is 0.490 e. The molecule has 1 atom stereocenters. The Hall–Kier alpha value is -3.43. The van der Waals surface area contributed by atoms with Crippen LogP contribution in [0.15, 0.2) is 42.5 Å². The lowest BCUT2D eigenvalue weighted by atomic mass is 9.89. The monoisotopic (exact) mass is 567 g/mol. The molecule has 9 nitrogen and oxygen atoms in total. The molecule has 216 valence electrons. The summed E-state index contributed by atoms with van der Waals surface area (Å²) in [6, 6.07) is 14.9. The van der Waals surface area contributed by atoms with Crippen molar-refractivity contribution in [2.75, 3.05) is 40.3 Å². The molecule has 0 saturated carbocycles. The number of likely N-dealkylation sites (N-methyl/N-ethyl adjacent to an activating group) is 2. The number of nitrogens with one attached hydrogen (secondary N) is 1. The Kier molecular flexibility index (Phi) is 10.3. The highest BCUT2D eigenvalue weighted by molar-refractivity contribution is 5.85. The van der Waals surface area contributed by atoms with Crippen LogP contribution in [0.25, 0.3) is 10.8 Å². The Bertz CT molecular complexity index is 1140. The van der Waals surface area contributed by atoms with Crippen LogP contribution in [0, 0.1) is 0 Å². The Balaban J connectivity index is 0.000000317. The van der Waals surface area contributed by atoms with Crippen molar-refractivity contribution >= 4 is 28.6 Å². The van der Waals surface area contributed by atoms with Crippen molar-refractivity contribution in [2.45, 2.75) is 30.5 Å². The van der Waals surface area contributed by atoms with E-state index in [4.69, 9.17) is 24.5 Å². The largest absolute Gasteiger partial charge is 0.490 e. The summed E-state index contributed by atoms with van der Waals surface area (Å²) in [6.07, 6.45) is -10.2. The van der Waals surface area contributed by atoms with Crippen LogP contribution in [0.3, 0.4) is 0 Å². The van der Waals surface area contributed by atoms with Gasteiger partial charge in [0, 0.05) is 33.2 Å². The van der Waals surface area contributed by atoms with Gasteiger partial charge in [-0.25, -0.2) is 9.59 Å². The summed E-state index contributed by atoms with van der Waals surface area (Å²) in [5.41, 5.74) is 1.24. The number of ether oxygens (including phenoxy) is 1. The summed E-state index contributed by atoms with van der Waals surface area (Å²) in [7, 11) is 3.69. The van der Waals surface area contributed by atoms with Gasteiger partial charge >= 0.3 is 24.3 Å².